The van der Waals surface area contributed by atoms with E-state index in [1.54, 1.807) is 13.2 Å². The SMILES string of the molecule is COc1ccc(Cl)cc1CCC(=O)N1CCCNCC1. The maximum absolute atomic E-state index is 12.2. The van der Waals surface area contributed by atoms with E-state index in [9.17, 15) is 4.79 Å². The van der Waals surface area contributed by atoms with E-state index in [0.717, 1.165) is 43.9 Å². The number of methoxy groups -OCH3 is 1. The molecular weight excluding hydrogens is 276 g/mol. The Hall–Kier alpha value is -1.26. The second kappa shape index (κ2) is 7.50. The zero-order chi connectivity index (χ0) is 14.4. The Balaban J connectivity index is 1.93. The molecule has 1 aliphatic heterocycles. The summed E-state index contributed by atoms with van der Waals surface area (Å²) in [6.45, 7) is 3.52. The summed E-state index contributed by atoms with van der Waals surface area (Å²) in [4.78, 5) is 14.2. The van der Waals surface area contributed by atoms with Crippen molar-refractivity contribution < 1.29 is 9.53 Å². The maximum atomic E-state index is 12.2. The summed E-state index contributed by atoms with van der Waals surface area (Å²) in [6.07, 6.45) is 2.18. The number of aryl methyl sites for hydroxylation is 1. The van der Waals surface area contributed by atoms with E-state index < -0.39 is 0 Å². The topological polar surface area (TPSA) is 41.6 Å². The summed E-state index contributed by atoms with van der Waals surface area (Å²) in [7, 11) is 1.63. The van der Waals surface area contributed by atoms with Gasteiger partial charge >= 0.3 is 0 Å². The first-order valence-corrected chi connectivity index (χ1v) is 7.39. The molecule has 1 aliphatic rings. The van der Waals surface area contributed by atoms with Crippen molar-refractivity contribution in [3.05, 3.63) is 28.8 Å². The van der Waals surface area contributed by atoms with Crippen molar-refractivity contribution >= 4 is 17.5 Å². The van der Waals surface area contributed by atoms with Gasteiger partial charge in [0.2, 0.25) is 5.91 Å². The highest BCUT2D eigenvalue weighted by Gasteiger charge is 2.15. The van der Waals surface area contributed by atoms with E-state index in [-0.39, 0.29) is 5.91 Å². The average Bonchev–Trinajstić information content (AvgIpc) is 2.74. The molecule has 1 N–H and O–H groups in total. The first kappa shape index (κ1) is 15.1. The number of amides is 1. The highest BCUT2D eigenvalue weighted by atomic mass is 35.5. The van der Waals surface area contributed by atoms with Crippen LogP contribution in [0.4, 0.5) is 0 Å². The second-order valence-corrected chi connectivity index (χ2v) is 5.38. The third-order valence-electron chi connectivity index (χ3n) is 3.54. The minimum atomic E-state index is 0.204. The maximum Gasteiger partial charge on any atom is 0.222 e. The van der Waals surface area contributed by atoms with Crippen molar-refractivity contribution in [2.45, 2.75) is 19.3 Å². The number of nitrogens with one attached hydrogen (secondary N) is 1. The zero-order valence-corrected chi connectivity index (χ0v) is 12.6. The van der Waals surface area contributed by atoms with Gasteiger partial charge in [-0.25, -0.2) is 0 Å². The first-order chi connectivity index (χ1) is 9.70. The lowest BCUT2D eigenvalue weighted by Gasteiger charge is -2.20. The minimum Gasteiger partial charge on any atom is -0.496 e. The molecule has 1 aromatic rings. The molecule has 1 amide bonds. The van der Waals surface area contributed by atoms with Gasteiger partial charge in [-0.15, -0.1) is 0 Å². The van der Waals surface area contributed by atoms with Gasteiger partial charge in [0.1, 0.15) is 5.75 Å². The van der Waals surface area contributed by atoms with Crippen LogP contribution in [-0.4, -0.2) is 44.1 Å². The van der Waals surface area contributed by atoms with Crippen molar-refractivity contribution in [2.24, 2.45) is 0 Å². The Morgan fingerprint density at radius 2 is 2.25 bits per heavy atom. The number of halogens is 1. The summed E-state index contributed by atoms with van der Waals surface area (Å²) in [5, 5.41) is 3.97. The van der Waals surface area contributed by atoms with Crippen molar-refractivity contribution in [3.8, 4) is 5.75 Å². The third kappa shape index (κ3) is 4.12. The van der Waals surface area contributed by atoms with Crippen molar-refractivity contribution in [3.63, 3.8) is 0 Å². The molecule has 0 spiro atoms. The second-order valence-electron chi connectivity index (χ2n) is 4.94. The molecule has 0 saturated carbocycles. The van der Waals surface area contributed by atoms with Gasteiger partial charge in [-0.1, -0.05) is 11.6 Å². The lowest BCUT2D eigenvalue weighted by molar-refractivity contribution is -0.130. The van der Waals surface area contributed by atoms with Crippen LogP contribution in [0.3, 0.4) is 0 Å². The van der Waals surface area contributed by atoms with Gasteiger partial charge in [0.25, 0.3) is 0 Å². The molecule has 0 atom stereocenters. The Bertz CT molecular complexity index is 457. The van der Waals surface area contributed by atoms with E-state index >= 15 is 0 Å². The predicted molar refractivity (Wildman–Crippen MR) is 80.4 cm³/mol. The van der Waals surface area contributed by atoms with Crippen LogP contribution >= 0.6 is 11.6 Å². The van der Waals surface area contributed by atoms with Gasteiger partial charge in [-0.3, -0.25) is 4.79 Å². The summed E-state index contributed by atoms with van der Waals surface area (Å²) in [5.41, 5.74) is 0.987. The zero-order valence-electron chi connectivity index (χ0n) is 11.8. The quantitative estimate of drug-likeness (QED) is 0.925. The van der Waals surface area contributed by atoms with Crippen LogP contribution in [0.2, 0.25) is 5.02 Å². The number of hydrogen-bond acceptors (Lipinski definition) is 3. The highest BCUT2D eigenvalue weighted by molar-refractivity contribution is 6.30. The minimum absolute atomic E-state index is 0.204. The summed E-state index contributed by atoms with van der Waals surface area (Å²) < 4.78 is 5.30. The first-order valence-electron chi connectivity index (χ1n) is 7.01. The Morgan fingerprint density at radius 1 is 1.40 bits per heavy atom. The van der Waals surface area contributed by atoms with Crippen LogP contribution in [0.1, 0.15) is 18.4 Å². The number of benzene rings is 1. The third-order valence-corrected chi connectivity index (χ3v) is 3.78. The monoisotopic (exact) mass is 296 g/mol. The number of carbonyl (C=O) groups excluding carboxylic acids is 1. The molecule has 2 rings (SSSR count). The molecule has 0 aromatic heterocycles. The fraction of sp³-hybridized carbons (Fsp3) is 0.533. The lowest BCUT2D eigenvalue weighted by Crippen LogP contribution is -2.34. The van der Waals surface area contributed by atoms with Gasteiger partial charge in [-0.2, -0.15) is 0 Å². The molecule has 1 fully saturated rings. The summed E-state index contributed by atoms with van der Waals surface area (Å²) in [6, 6.07) is 5.52. The normalized spacial score (nSPS) is 15.8. The van der Waals surface area contributed by atoms with E-state index in [4.69, 9.17) is 16.3 Å². The van der Waals surface area contributed by atoms with Gasteiger partial charge in [0.15, 0.2) is 0 Å². The van der Waals surface area contributed by atoms with E-state index in [1.807, 2.05) is 17.0 Å². The number of ether oxygens (including phenoxy) is 1. The molecule has 0 aliphatic carbocycles. The molecule has 0 radical (unpaired) electrons. The lowest BCUT2D eigenvalue weighted by atomic mass is 10.1. The fourth-order valence-electron chi connectivity index (χ4n) is 2.44. The smallest absolute Gasteiger partial charge is 0.222 e. The van der Waals surface area contributed by atoms with Gasteiger partial charge in [0.05, 0.1) is 7.11 Å². The van der Waals surface area contributed by atoms with Crippen molar-refractivity contribution in [1.29, 1.82) is 0 Å². The van der Waals surface area contributed by atoms with E-state index in [0.29, 0.717) is 17.9 Å². The molecular formula is C15H21ClN2O2. The van der Waals surface area contributed by atoms with Crippen LogP contribution in [0, 0.1) is 0 Å². The van der Waals surface area contributed by atoms with Gasteiger partial charge in [0, 0.05) is 31.1 Å². The molecule has 1 saturated heterocycles. The van der Waals surface area contributed by atoms with Crippen LogP contribution in [0.25, 0.3) is 0 Å². The molecule has 1 heterocycles. The van der Waals surface area contributed by atoms with Gasteiger partial charge < -0.3 is 15.0 Å². The van der Waals surface area contributed by atoms with Crippen molar-refractivity contribution in [2.75, 3.05) is 33.3 Å². The molecule has 110 valence electrons. The molecule has 1 aromatic carbocycles. The molecule has 0 bridgehead atoms. The molecule has 20 heavy (non-hydrogen) atoms. The Morgan fingerprint density at radius 3 is 3.05 bits per heavy atom. The Labute approximate surface area is 125 Å². The molecule has 5 heteroatoms. The van der Waals surface area contributed by atoms with E-state index in [2.05, 4.69) is 5.32 Å². The van der Waals surface area contributed by atoms with Crippen LogP contribution in [-0.2, 0) is 11.2 Å². The number of carbonyl (C=O) groups is 1. The number of hydrogen-bond donors (Lipinski definition) is 1. The average molecular weight is 297 g/mol. The van der Waals surface area contributed by atoms with Crippen molar-refractivity contribution in [1.82, 2.24) is 10.2 Å². The van der Waals surface area contributed by atoms with Crippen LogP contribution in [0.5, 0.6) is 5.75 Å². The predicted octanol–water partition coefficient (Wildman–Crippen LogP) is 2.10. The Kier molecular flexibility index (Phi) is 5.68. The van der Waals surface area contributed by atoms with E-state index in [1.165, 1.54) is 0 Å². The standard InChI is InChI=1S/C15H21ClN2O2/c1-20-14-5-4-13(16)11-12(14)3-6-15(19)18-9-2-7-17-8-10-18/h4-5,11,17H,2-3,6-10H2,1H3. The van der Waals surface area contributed by atoms with Crippen LogP contribution < -0.4 is 10.1 Å². The highest BCUT2D eigenvalue weighted by Crippen LogP contribution is 2.24. The largest absolute Gasteiger partial charge is 0.496 e. The van der Waals surface area contributed by atoms with Crippen LogP contribution in [0.15, 0.2) is 18.2 Å². The summed E-state index contributed by atoms with van der Waals surface area (Å²) >= 11 is 6.00. The number of nitrogens with zero attached hydrogens (tertiary/aromatic N) is 1. The molecule has 0 unspecified atom stereocenters. The van der Waals surface area contributed by atoms with Gasteiger partial charge in [-0.05, 0) is 43.1 Å². The number of rotatable bonds is 4. The molecule has 4 nitrogen and oxygen atoms in total. The summed E-state index contributed by atoms with van der Waals surface area (Å²) in [5.74, 6) is 0.996. The fourth-order valence-corrected chi connectivity index (χ4v) is 2.63.